The number of Topliss-reactive ketones (excluding diaryl/α,β-unsaturated/α-hetero) is 1. The standard InChI is InChI=1S/C16H22OS/c1-3-13-7-4-5-10-16(13)18-15-9-6-8-14(11-15)12(2)17/h6,8-9,11,13,16H,3-5,7,10H2,1-2H3. The smallest absolute Gasteiger partial charge is 0.159 e. The molecule has 1 aromatic carbocycles. The second-order valence-corrected chi connectivity index (χ2v) is 6.51. The van der Waals surface area contributed by atoms with Crippen LogP contribution >= 0.6 is 11.8 Å². The third-order valence-electron chi connectivity index (χ3n) is 3.89. The Hall–Kier alpha value is -0.760. The molecule has 0 spiro atoms. The average Bonchev–Trinajstić information content (AvgIpc) is 2.39. The van der Waals surface area contributed by atoms with E-state index in [4.69, 9.17) is 0 Å². The van der Waals surface area contributed by atoms with Gasteiger partial charge in [-0.2, -0.15) is 0 Å². The van der Waals surface area contributed by atoms with E-state index in [-0.39, 0.29) is 5.78 Å². The van der Waals surface area contributed by atoms with Gasteiger partial charge in [-0.1, -0.05) is 38.3 Å². The maximum atomic E-state index is 11.4. The summed E-state index contributed by atoms with van der Waals surface area (Å²) in [5.74, 6) is 1.01. The van der Waals surface area contributed by atoms with E-state index in [9.17, 15) is 4.79 Å². The molecule has 0 amide bonds. The highest BCUT2D eigenvalue weighted by atomic mass is 32.2. The molecule has 2 heteroatoms. The van der Waals surface area contributed by atoms with Crippen LogP contribution in [0.4, 0.5) is 0 Å². The molecule has 0 aliphatic heterocycles. The maximum Gasteiger partial charge on any atom is 0.159 e. The van der Waals surface area contributed by atoms with Crippen LogP contribution in [0.15, 0.2) is 29.2 Å². The summed E-state index contributed by atoms with van der Waals surface area (Å²) >= 11 is 1.98. The van der Waals surface area contributed by atoms with Crippen molar-refractivity contribution in [1.29, 1.82) is 0 Å². The molecule has 2 atom stereocenters. The highest BCUT2D eigenvalue weighted by Crippen LogP contribution is 2.39. The topological polar surface area (TPSA) is 17.1 Å². The highest BCUT2D eigenvalue weighted by Gasteiger charge is 2.24. The molecule has 1 saturated carbocycles. The summed E-state index contributed by atoms with van der Waals surface area (Å²) in [6, 6.07) is 8.10. The van der Waals surface area contributed by atoms with Crippen LogP contribution in [0.5, 0.6) is 0 Å². The Kier molecular flexibility index (Phi) is 4.87. The Morgan fingerprint density at radius 3 is 2.83 bits per heavy atom. The second kappa shape index (κ2) is 6.42. The Morgan fingerprint density at radius 2 is 2.11 bits per heavy atom. The first-order valence-electron chi connectivity index (χ1n) is 6.98. The van der Waals surface area contributed by atoms with Crippen LogP contribution in [0.25, 0.3) is 0 Å². The summed E-state index contributed by atoms with van der Waals surface area (Å²) in [4.78, 5) is 12.7. The molecular formula is C16H22OS. The number of thioether (sulfide) groups is 1. The van der Waals surface area contributed by atoms with Gasteiger partial charge in [-0.05, 0) is 37.8 Å². The van der Waals surface area contributed by atoms with Crippen LogP contribution in [0.1, 0.15) is 56.3 Å². The zero-order chi connectivity index (χ0) is 13.0. The summed E-state index contributed by atoms with van der Waals surface area (Å²) in [6.45, 7) is 3.94. The predicted octanol–water partition coefficient (Wildman–Crippen LogP) is 4.95. The quantitative estimate of drug-likeness (QED) is 0.714. The summed E-state index contributed by atoms with van der Waals surface area (Å²) < 4.78 is 0. The van der Waals surface area contributed by atoms with Crippen molar-refractivity contribution in [2.45, 2.75) is 56.1 Å². The maximum absolute atomic E-state index is 11.4. The Labute approximate surface area is 114 Å². The predicted molar refractivity (Wildman–Crippen MR) is 78.3 cm³/mol. The average molecular weight is 262 g/mol. The van der Waals surface area contributed by atoms with E-state index >= 15 is 0 Å². The van der Waals surface area contributed by atoms with Gasteiger partial charge in [0.05, 0.1) is 0 Å². The van der Waals surface area contributed by atoms with E-state index < -0.39 is 0 Å². The number of ketones is 1. The van der Waals surface area contributed by atoms with Crippen molar-refractivity contribution in [3.63, 3.8) is 0 Å². The van der Waals surface area contributed by atoms with Crippen molar-refractivity contribution in [2.24, 2.45) is 5.92 Å². The SMILES string of the molecule is CCC1CCCCC1Sc1cccc(C(C)=O)c1. The summed E-state index contributed by atoms with van der Waals surface area (Å²) in [5, 5.41) is 0.742. The fraction of sp³-hybridized carbons (Fsp3) is 0.562. The minimum atomic E-state index is 0.160. The largest absolute Gasteiger partial charge is 0.295 e. The van der Waals surface area contributed by atoms with Gasteiger partial charge in [0.25, 0.3) is 0 Å². The number of carbonyl (C=O) groups excluding carboxylic acids is 1. The molecule has 0 bridgehead atoms. The number of rotatable bonds is 4. The minimum Gasteiger partial charge on any atom is -0.295 e. The fourth-order valence-corrected chi connectivity index (χ4v) is 4.27. The van der Waals surface area contributed by atoms with Crippen molar-refractivity contribution in [1.82, 2.24) is 0 Å². The van der Waals surface area contributed by atoms with E-state index in [1.54, 1.807) is 6.92 Å². The van der Waals surface area contributed by atoms with E-state index in [1.807, 2.05) is 30.0 Å². The molecule has 1 nitrogen and oxygen atoms in total. The minimum absolute atomic E-state index is 0.160. The van der Waals surface area contributed by atoms with Crippen molar-refractivity contribution in [2.75, 3.05) is 0 Å². The van der Waals surface area contributed by atoms with Gasteiger partial charge in [-0.25, -0.2) is 0 Å². The summed E-state index contributed by atoms with van der Waals surface area (Å²) in [6.07, 6.45) is 6.74. The molecule has 1 aliphatic rings. The third kappa shape index (κ3) is 3.38. The van der Waals surface area contributed by atoms with Crippen molar-refractivity contribution >= 4 is 17.5 Å². The zero-order valence-corrected chi connectivity index (χ0v) is 12.1. The molecule has 2 unspecified atom stereocenters. The van der Waals surface area contributed by atoms with Gasteiger partial charge < -0.3 is 0 Å². The molecule has 0 aromatic heterocycles. The van der Waals surface area contributed by atoms with E-state index in [2.05, 4.69) is 13.0 Å². The lowest BCUT2D eigenvalue weighted by Crippen LogP contribution is -2.21. The Morgan fingerprint density at radius 1 is 1.33 bits per heavy atom. The van der Waals surface area contributed by atoms with Gasteiger partial charge >= 0.3 is 0 Å². The van der Waals surface area contributed by atoms with Crippen molar-refractivity contribution in [3.05, 3.63) is 29.8 Å². The molecule has 1 aliphatic carbocycles. The molecule has 0 heterocycles. The molecule has 18 heavy (non-hydrogen) atoms. The highest BCUT2D eigenvalue weighted by molar-refractivity contribution is 8.00. The van der Waals surface area contributed by atoms with Crippen molar-refractivity contribution in [3.8, 4) is 0 Å². The Balaban J connectivity index is 2.07. The fourth-order valence-electron chi connectivity index (χ4n) is 2.76. The van der Waals surface area contributed by atoms with Crippen LogP contribution in [0, 0.1) is 5.92 Å². The number of benzene rings is 1. The van der Waals surface area contributed by atoms with Crippen LogP contribution in [0.3, 0.4) is 0 Å². The first-order chi connectivity index (χ1) is 8.70. The van der Waals surface area contributed by atoms with Crippen LogP contribution in [0.2, 0.25) is 0 Å². The molecule has 0 radical (unpaired) electrons. The van der Waals surface area contributed by atoms with Gasteiger partial charge in [0.15, 0.2) is 5.78 Å². The first-order valence-corrected chi connectivity index (χ1v) is 7.86. The van der Waals surface area contributed by atoms with Gasteiger partial charge in [-0.3, -0.25) is 4.79 Å². The van der Waals surface area contributed by atoms with Crippen LogP contribution in [-0.4, -0.2) is 11.0 Å². The molecular weight excluding hydrogens is 240 g/mol. The number of hydrogen-bond acceptors (Lipinski definition) is 2. The number of carbonyl (C=O) groups is 1. The normalized spacial score (nSPS) is 23.9. The van der Waals surface area contributed by atoms with Crippen LogP contribution in [-0.2, 0) is 0 Å². The number of hydrogen-bond donors (Lipinski definition) is 0. The van der Waals surface area contributed by atoms with Gasteiger partial charge in [0, 0.05) is 15.7 Å². The lowest BCUT2D eigenvalue weighted by atomic mass is 9.87. The molecule has 1 aromatic rings. The van der Waals surface area contributed by atoms with Gasteiger partial charge in [-0.15, -0.1) is 11.8 Å². The molecule has 98 valence electrons. The molecule has 0 N–H and O–H groups in total. The summed E-state index contributed by atoms with van der Waals surface area (Å²) in [7, 11) is 0. The molecule has 1 fully saturated rings. The summed E-state index contributed by atoms with van der Waals surface area (Å²) in [5.41, 5.74) is 0.837. The van der Waals surface area contributed by atoms with E-state index in [0.29, 0.717) is 0 Å². The van der Waals surface area contributed by atoms with Gasteiger partial charge in [0.2, 0.25) is 0 Å². The second-order valence-electron chi connectivity index (χ2n) is 5.19. The lowest BCUT2D eigenvalue weighted by molar-refractivity contribution is 0.101. The lowest BCUT2D eigenvalue weighted by Gasteiger charge is -2.30. The monoisotopic (exact) mass is 262 g/mol. The molecule has 0 saturated heterocycles. The molecule has 2 rings (SSSR count). The third-order valence-corrected chi connectivity index (χ3v) is 5.34. The van der Waals surface area contributed by atoms with Crippen molar-refractivity contribution < 1.29 is 4.79 Å². The Bertz CT molecular complexity index is 413. The zero-order valence-electron chi connectivity index (χ0n) is 11.3. The first kappa shape index (κ1) is 13.7. The van der Waals surface area contributed by atoms with E-state index in [1.165, 1.54) is 37.0 Å². The van der Waals surface area contributed by atoms with Crippen LogP contribution < -0.4 is 0 Å². The van der Waals surface area contributed by atoms with Gasteiger partial charge in [0.1, 0.15) is 0 Å². The van der Waals surface area contributed by atoms with E-state index in [0.717, 1.165) is 16.7 Å².